The zero-order valence-electron chi connectivity index (χ0n) is 2.86. The van der Waals surface area contributed by atoms with Crippen LogP contribution in [0.4, 0.5) is 4.79 Å². The Kier molecular flexibility index (Phi) is 7.04. The first-order valence-corrected chi connectivity index (χ1v) is 1.93. The molecule has 0 fully saturated rings. The fourth-order valence-corrected chi connectivity index (χ4v) is 0. The fourth-order valence-electron chi connectivity index (χ4n) is 0. The highest BCUT2D eigenvalue weighted by molar-refractivity contribution is 6.54. The van der Waals surface area contributed by atoms with E-state index >= 15 is 0 Å². The van der Waals surface area contributed by atoms with E-state index in [-0.39, 0.29) is 21.8 Å². The van der Waals surface area contributed by atoms with Crippen LogP contribution >= 0.6 is 0 Å². The van der Waals surface area contributed by atoms with Crippen molar-refractivity contribution in [2.24, 2.45) is 0 Å². The summed E-state index contributed by atoms with van der Waals surface area (Å²) in [5.74, 6) is 0. The van der Waals surface area contributed by atoms with Crippen molar-refractivity contribution in [2.45, 2.75) is 0 Å². The van der Waals surface area contributed by atoms with Crippen LogP contribution in [0.5, 0.6) is 0 Å². The van der Waals surface area contributed by atoms with Crippen molar-refractivity contribution in [3.63, 3.8) is 0 Å². The Morgan fingerprint density at radius 2 is 1.80 bits per heavy atom. The zero-order valence-corrected chi connectivity index (χ0v) is 4.86. The number of carboxylic acid groups (broad SMARTS) is 1. The predicted octanol–water partition coefficient (Wildman–Crippen LogP) is -1.53. The molecule has 0 amide bonds. The van der Waals surface area contributed by atoms with Crippen LogP contribution in [0.1, 0.15) is 0 Å². The van der Waals surface area contributed by atoms with E-state index < -0.39 is 4.83 Å². The second-order valence-corrected chi connectivity index (χ2v) is 1.37. The average Bonchev–Trinajstić information content (AvgIpc) is 0.811. The SMILES string of the molecule is O.O=[C](O)[AlH2]. The minimum absolute atomic E-state index is 0. The molecule has 0 saturated heterocycles. The van der Waals surface area contributed by atoms with Crippen molar-refractivity contribution < 1.29 is 15.4 Å². The molecule has 0 aromatic carbocycles. The van der Waals surface area contributed by atoms with Crippen molar-refractivity contribution in [1.82, 2.24) is 0 Å². The summed E-state index contributed by atoms with van der Waals surface area (Å²) in [5.41, 5.74) is 0. The topological polar surface area (TPSA) is 68.8 Å². The molecule has 0 unspecified atom stereocenters. The van der Waals surface area contributed by atoms with Gasteiger partial charge in [-0.25, -0.2) is 0 Å². The van der Waals surface area contributed by atoms with Crippen LogP contribution < -0.4 is 0 Å². The zero-order chi connectivity index (χ0) is 3.58. The molecule has 4 heteroatoms. The quantitative estimate of drug-likeness (QED) is 0.368. The molecule has 0 spiro atoms. The summed E-state index contributed by atoms with van der Waals surface area (Å²) in [6.07, 6.45) is 0. The van der Waals surface area contributed by atoms with Gasteiger partial charge in [0.15, 0.2) is 4.83 Å². The smallest absolute Gasteiger partial charge is 0.387 e. The molecule has 0 bridgehead atoms. The molecule has 3 N–H and O–H groups in total. The summed E-state index contributed by atoms with van der Waals surface area (Å²) >= 11 is 0.265. The van der Waals surface area contributed by atoms with E-state index in [2.05, 4.69) is 0 Å². The Bertz CT molecular complexity index is 29.9. The minimum atomic E-state index is -0.694. The summed E-state index contributed by atoms with van der Waals surface area (Å²) < 4.78 is 0. The van der Waals surface area contributed by atoms with Crippen molar-refractivity contribution >= 4 is 21.1 Å². The van der Waals surface area contributed by atoms with E-state index in [0.29, 0.717) is 0 Å². The number of hydrogen-bond acceptors (Lipinski definition) is 1. The summed E-state index contributed by atoms with van der Waals surface area (Å²) in [6.45, 7) is 0. The van der Waals surface area contributed by atoms with Gasteiger partial charge in [-0.2, -0.15) is 0 Å². The highest BCUT2D eigenvalue weighted by Gasteiger charge is 1.68. The van der Waals surface area contributed by atoms with Crippen LogP contribution in [0.15, 0.2) is 0 Å². The monoisotopic (exact) mass is 92.0 g/mol. The predicted molar refractivity (Wildman–Crippen MR) is 20.2 cm³/mol. The lowest BCUT2D eigenvalue weighted by Crippen LogP contribution is -1.83. The van der Waals surface area contributed by atoms with Crippen LogP contribution in [0.3, 0.4) is 0 Å². The third kappa shape index (κ3) is 10800. The lowest BCUT2D eigenvalue weighted by molar-refractivity contribution is 0.220. The molecule has 0 radical (unpaired) electrons. The van der Waals surface area contributed by atoms with E-state index in [0.717, 1.165) is 0 Å². The highest BCUT2D eigenvalue weighted by Crippen LogP contribution is 1.41. The van der Waals surface area contributed by atoms with E-state index in [9.17, 15) is 0 Å². The summed E-state index contributed by atoms with van der Waals surface area (Å²) in [7, 11) is 0. The van der Waals surface area contributed by atoms with Crippen molar-refractivity contribution in [2.75, 3.05) is 0 Å². The molecule has 3 nitrogen and oxygen atoms in total. The van der Waals surface area contributed by atoms with Gasteiger partial charge in [0.05, 0.1) is 0 Å². The Hall–Kier alpha value is -0.0375. The van der Waals surface area contributed by atoms with Gasteiger partial charge in [0, 0.05) is 0 Å². The minimum Gasteiger partial charge on any atom is -0.497 e. The molecule has 0 atom stereocenters. The van der Waals surface area contributed by atoms with Gasteiger partial charge >= 0.3 is 16.3 Å². The molecule has 0 aliphatic rings. The first-order chi connectivity index (χ1) is 1.73. The number of hydrogen-bond donors (Lipinski definition) is 1. The lowest BCUT2D eigenvalue weighted by atomic mass is 11.6. The lowest BCUT2D eigenvalue weighted by Gasteiger charge is -1.60. The van der Waals surface area contributed by atoms with Gasteiger partial charge in [-0.3, -0.25) is 4.79 Å². The van der Waals surface area contributed by atoms with Crippen molar-refractivity contribution in [3.8, 4) is 0 Å². The van der Waals surface area contributed by atoms with Gasteiger partial charge in [-0.1, -0.05) is 0 Å². The number of carbonyl (C=O) groups is 1. The number of rotatable bonds is 0. The second kappa shape index (κ2) is 3.96. The van der Waals surface area contributed by atoms with Crippen LogP contribution in [0.2, 0.25) is 0 Å². The van der Waals surface area contributed by atoms with Gasteiger partial charge in [0.2, 0.25) is 0 Å². The standard InChI is InChI=1S/CHO2.Al.H2O.2H/c2-1-3;;;;/h(H,2,3);;1H2;;. The van der Waals surface area contributed by atoms with Gasteiger partial charge < -0.3 is 10.6 Å². The third-order valence-electron chi connectivity index (χ3n) is 0. The Labute approximate surface area is 37.3 Å². The first-order valence-electron chi connectivity index (χ1n) is 0.928. The van der Waals surface area contributed by atoms with E-state index in [1.54, 1.807) is 0 Å². The van der Waals surface area contributed by atoms with E-state index in [4.69, 9.17) is 9.90 Å². The third-order valence-corrected chi connectivity index (χ3v) is 0. The normalized spacial score (nSPS) is 4.80. The molecule has 0 rings (SSSR count). The Balaban J connectivity index is 0. The van der Waals surface area contributed by atoms with Crippen LogP contribution in [-0.4, -0.2) is 31.7 Å². The molecule has 0 heterocycles. The maximum absolute atomic E-state index is 9.06. The largest absolute Gasteiger partial charge is 0.497 e. The molecular weight excluding hydrogens is 87.0 g/mol. The Morgan fingerprint density at radius 1 is 1.80 bits per heavy atom. The van der Waals surface area contributed by atoms with Crippen LogP contribution in [-0.2, 0) is 0 Å². The van der Waals surface area contributed by atoms with Gasteiger partial charge in [-0.15, -0.1) is 0 Å². The molecule has 0 aromatic heterocycles. The average molecular weight is 92.0 g/mol. The van der Waals surface area contributed by atoms with Crippen molar-refractivity contribution in [3.05, 3.63) is 0 Å². The van der Waals surface area contributed by atoms with E-state index in [1.807, 2.05) is 0 Å². The second-order valence-electron chi connectivity index (χ2n) is 0.519. The van der Waals surface area contributed by atoms with Gasteiger partial charge in [0.1, 0.15) is 0 Å². The van der Waals surface area contributed by atoms with Crippen LogP contribution in [0, 0.1) is 0 Å². The van der Waals surface area contributed by atoms with Crippen LogP contribution in [0.25, 0.3) is 0 Å². The molecule has 0 aliphatic heterocycles. The Morgan fingerprint density at radius 3 is 1.80 bits per heavy atom. The molecular formula is CH5AlO3. The maximum atomic E-state index is 9.06. The van der Waals surface area contributed by atoms with E-state index in [1.165, 1.54) is 0 Å². The van der Waals surface area contributed by atoms with Gasteiger partial charge in [-0.05, 0) is 0 Å². The first kappa shape index (κ1) is 8.88. The molecule has 0 aromatic rings. The molecule has 30 valence electrons. The summed E-state index contributed by atoms with van der Waals surface area (Å²) in [4.78, 5) is 8.37. The fraction of sp³-hybridized carbons (Fsp3) is 0. The highest BCUT2D eigenvalue weighted by atomic mass is 27.0. The maximum Gasteiger partial charge on any atom is 0.387 e. The van der Waals surface area contributed by atoms with Crippen molar-refractivity contribution in [1.29, 1.82) is 0 Å². The molecule has 5 heavy (non-hydrogen) atoms. The molecule has 0 saturated carbocycles. The van der Waals surface area contributed by atoms with Gasteiger partial charge in [0.25, 0.3) is 0 Å². The molecule has 0 aliphatic carbocycles. The summed E-state index contributed by atoms with van der Waals surface area (Å²) in [5, 5.41) is 7.48. The summed E-state index contributed by atoms with van der Waals surface area (Å²) in [6, 6.07) is 0.